The van der Waals surface area contributed by atoms with Crippen LogP contribution in [0.2, 0.25) is 0 Å². The Bertz CT molecular complexity index is 2100. The summed E-state index contributed by atoms with van der Waals surface area (Å²) in [6, 6.07) is 57.9. The summed E-state index contributed by atoms with van der Waals surface area (Å²) in [5.74, 6) is 0. The fraction of sp³-hybridized carbons (Fsp3) is 0.143. The lowest BCUT2D eigenvalue weighted by Crippen LogP contribution is -2.10. The molecule has 0 saturated heterocycles. The Morgan fingerprint density at radius 1 is 0.352 bits per heavy atom. The third kappa shape index (κ3) is 9.14. The number of nitrogens with zero attached hydrogens (tertiary/aromatic N) is 2. The molecular weight excluding hydrogens is 665 g/mol. The Labute approximate surface area is 319 Å². The monoisotopic (exact) mass is 712 g/mol. The molecule has 0 atom stereocenters. The highest BCUT2D eigenvalue weighted by atomic mass is 16.3. The Kier molecular flexibility index (Phi) is 12.7. The molecule has 272 valence electrons. The van der Waals surface area contributed by atoms with Gasteiger partial charge in [0.05, 0.1) is 19.8 Å². The molecule has 0 amide bonds. The summed E-state index contributed by atoms with van der Waals surface area (Å²) >= 11 is 0. The van der Waals surface area contributed by atoms with Crippen LogP contribution in [0.15, 0.2) is 170 Å². The highest BCUT2D eigenvalue weighted by molar-refractivity contribution is 5.79. The summed E-state index contributed by atoms with van der Waals surface area (Å²) in [5.41, 5.74) is 15.4. The van der Waals surface area contributed by atoms with E-state index in [1.165, 1.54) is 27.8 Å². The van der Waals surface area contributed by atoms with Gasteiger partial charge in [-0.1, -0.05) is 104 Å². The van der Waals surface area contributed by atoms with Crippen LogP contribution in [-0.2, 0) is 26.2 Å². The van der Waals surface area contributed by atoms with Gasteiger partial charge in [-0.25, -0.2) is 0 Å². The van der Waals surface area contributed by atoms with Crippen molar-refractivity contribution in [3.8, 4) is 11.1 Å². The van der Waals surface area contributed by atoms with Crippen molar-refractivity contribution in [2.45, 2.75) is 47.0 Å². The van der Waals surface area contributed by atoms with E-state index < -0.39 is 0 Å². The van der Waals surface area contributed by atoms with Crippen LogP contribution in [-0.4, -0.2) is 15.3 Å². The van der Waals surface area contributed by atoms with Crippen LogP contribution in [0.5, 0.6) is 0 Å². The van der Waals surface area contributed by atoms with Gasteiger partial charge in [0.2, 0.25) is 0 Å². The maximum atomic E-state index is 9.36. The number of hydrogen-bond acceptors (Lipinski definition) is 5. The van der Waals surface area contributed by atoms with Crippen LogP contribution in [0.1, 0.15) is 40.3 Å². The van der Waals surface area contributed by atoms with Gasteiger partial charge in [-0.3, -0.25) is 0 Å². The minimum atomic E-state index is 0.0250. The van der Waals surface area contributed by atoms with Crippen molar-refractivity contribution in [2.75, 3.05) is 9.80 Å². The molecule has 3 N–H and O–H groups in total. The van der Waals surface area contributed by atoms with Gasteiger partial charge in [0, 0.05) is 34.1 Å². The van der Waals surface area contributed by atoms with E-state index in [1.54, 1.807) is 0 Å². The first-order valence-electron chi connectivity index (χ1n) is 18.4. The summed E-state index contributed by atoms with van der Waals surface area (Å²) in [6.45, 7) is 6.56. The number of aryl methyl sites for hydroxylation is 3. The highest BCUT2D eigenvalue weighted by Crippen LogP contribution is 2.37. The molecule has 0 heterocycles. The van der Waals surface area contributed by atoms with E-state index in [0.717, 1.165) is 57.2 Å². The van der Waals surface area contributed by atoms with Crippen LogP contribution in [0, 0.1) is 13.8 Å². The summed E-state index contributed by atoms with van der Waals surface area (Å²) in [5, 5.41) is 28.0. The number of aliphatic hydroxyl groups is 3. The summed E-state index contributed by atoms with van der Waals surface area (Å²) in [4.78, 5) is 4.42. The first-order valence-corrected chi connectivity index (χ1v) is 18.4. The van der Waals surface area contributed by atoms with E-state index in [9.17, 15) is 15.3 Å². The van der Waals surface area contributed by atoms with E-state index >= 15 is 0 Å². The Hall–Kier alpha value is -5.98. The van der Waals surface area contributed by atoms with Gasteiger partial charge in [0.25, 0.3) is 0 Å². The maximum Gasteiger partial charge on any atom is 0.0681 e. The Morgan fingerprint density at radius 3 is 1.06 bits per heavy atom. The zero-order chi connectivity index (χ0) is 37.9. The molecule has 0 fully saturated rings. The molecule has 0 saturated carbocycles. The molecule has 0 aromatic heterocycles. The molecule has 7 aromatic carbocycles. The van der Waals surface area contributed by atoms with E-state index in [2.05, 4.69) is 122 Å². The Balaban J connectivity index is 0.000000186. The normalized spacial score (nSPS) is 10.7. The number of hydrogen-bond donors (Lipinski definition) is 3. The maximum absolute atomic E-state index is 9.36. The van der Waals surface area contributed by atoms with Crippen molar-refractivity contribution in [2.24, 2.45) is 0 Å². The predicted molar refractivity (Wildman–Crippen MR) is 224 cm³/mol. The van der Waals surface area contributed by atoms with E-state index in [0.29, 0.717) is 0 Å². The van der Waals surface area contributed by atoms with E-state index in [-0.39, 0.29) is 19.8 Å². The van der Waals surface area contributed by atoms with E-state index in [4.69, 9.17) is 0 Å². The smallest absolute Gasteiger partial charge is 0.0681 e. The largest absolute Gasteiger partial charge is 0.392 e. The number of rotatable bonds is 11. The molecule has 5 heteroatoms. The summed E-state index contributed by atoms with van der Waals surface area (Å²) < 4.78 is 0. The molecular formula is C49H48N2O3. The van der Waals surface area contributed by atoms with Crippen LogP contribution in [0.25, 0.3) is 11.1 Å². The molecule has 7 rings (SSSR count). The molecule has 7 aromatic rings. The van der Waals surface area contributed by atoms with E-state index in [1.807, 2.05) is 78.9 Å². The third-order valence-electron chi connectivity index (χ3n) is 9.72. The molecule has 0 aliphatic rings. The van der Waals surface area contributed by atoms with Crippen molar-refractivity contribution < 1.29 is 15.3 Å². The molecule has 0 spiro atoms. The second-order valence-electron chi connectivity index (χ2n) is 13.3. The van der Waals surface area contributed by atoms with Crippen LogP contribution < -0.4 is 9.80 Å². The molecule has 0 aliphatic heterocycles. The molecule has 0 unspecified atom stereocenters. The minimum Gasteiger partial charge on any atom is -0.392 e. The topological polar surface area (TPSA) is 67.2 Å². The van der Waals surface area contributed by atoms with Crippen LogP contribution in [0.4, 0.5) is 34.1 Å². The third-order valence-corrected chi connectivity index (χ3v) is 9.72. The van der Waals surface area contributed by atoms with Crippen molar-refractivity contribution in [1.82, 2.24) is 0 Å². The zero-order valence-corrected chi connectivity index (χ0v) is 31.2. The first kappa shape index (κ1) is 37.8. The van der Waals surface area contributed by atoms with Gasteiger partial charge in [-0.05, 0) is 138 Å². The molecule has 54 heavy (non-hydrogen) atoms. The van der Waals surface area contributed by atoms with Crippen molar-refractivity contribution in [1.29, 1.82) is 0 Å². The first-order chi connectivity index (χ1) is 26.4. The highest BCUT2D eigenvalue weighted by Gasteiger charge is 2.15. The van der Waals surface area contributed by atoms with Gasteiger partial charge in [0.1, 0.15) is 0 Å². The number of benzene rings is 7. The van der Waals surface area contributed by atoms with Gasteiger partial charge >= 0.3 is 0 Å². The average Bonchev–Trinajstić information content (AvgIpc) is 3.24. The fourth-order valence-electron chi connectivity index (χ4n) is 6.32. The SMILES string of the molecule is CCc1ccc(N(c2ccc(CO)cc2)c2ccc(C)c(C)c2)cc1.OCc1ccc(N(c2ccc(CO)cc2)c2ccc(-c3ccccc3)cc2)cc1. The number of aliphatic hydroxyl groups excluding tert-OH is 3. The summed E-state index contributed by atoms with van der Waals surface area (Å²) in [7, 11) is 0. The van der Waals surface area contributed by atoms with Crippen molar-refractivity contribution in [3.05, 3.63) is 203 Å². The predicted octanol–water partition coefficient (Wildman–Crippen LogP) is 11.6. The van der Waals surface area contributed by atoms with Crippen LogP contribution >= 0.6 is 0 Å². The quantitative estimate of drug-likeness (QED) is 0.125. The zero-order valence-electron chi connectivity index (χ0n) is 31.2. The van der Waals surface area contributed by atoms with Gasteiger partial charge in [-0.2, -0.15) is 0 Å². The van der Waals surface area contributed by atoms with Gasteiger partial charge in [-0.15, -0.1) is 0 Å². The van der Waals surface area contributed by atoms with Gasteiger partial charge in [0.15, 0.2) is 0 Å². The van der Waals surface area contributed by atoms with Gasteiger partial charge < -0.3 is 25.1 Å². The molecule has 5 nitrogen and oxygen atoms in total. The Morgan fingerprint density at radius 2 is 0.685 bits per heavy atom. The lowest BCUT2D eigenvalue weighted by atomic mass is 10.0. The fourth-order valence-corrected chi connectivity index (χ4v) is 6.32. The van der Waals surface area contributed by atoms with Crippen LogP contribution in [0.3, 0.4) is 0 Å². The molecule has 0 bridgehead atoms. The van der Waals surface area contributed by atoms with Crippen molar-refractivity contribution in [3.63, 3.8) is 0 Å². The lowest BCUT2D eigenvalue weighted by molar-refractivity contribution is 0.281. The second kappa shape index (κ2) is 18.2. The minimum absolute atomic E-state index is 0.0250. The molecule has 0 radical (unpaired) electrons. The van der Waals surface area contributed by atoms with Crippen molar-refractivity contribution >= 4 is 34.1 Å². The summed E-state index contributed by atoms with van der Waals surface area (Å²) in [6.07, 6.45) is 1.04. The molecule has 0 aliphatic carbocycles. The average molecular weight is 713 g/mol. The second-order valence-corrected chi connectivity index (χ2v) is 13.3. The number of anilines is 6. The lowest BCUT2D eigenvalue weighted by Gasteiger charge is -2.26. The standard InChI is InChI=1S/C26H23NO2.C23H25NO/c28-18-20-6-12-24(13-7-20)27(25-14-8-21(19-29)9-15-25)26-16-10-23(11-17-26)22-4-2-1-3-5-22;1-4-19-6-11-21(12-7-19)24(22-13-8-20(16-25)9-14-22)23-10-5-17(2)18(3)15-23/h1-17,28-29H,18-19H2;5-15,25H,4,16H2,1-3H3.